The molecule has 2 aliphatic rings. The fourth-order valence-corrected chi connectivity index (χ4v) is 3.76. The van der Waals surface area contributed by atoms with Crippen LogP contribution in [0.3, 0.4) is 0 Å². The Kier molecular flexibility index (Phi) is 7.60. The van der Waals surface area contributed by atoms with Crippen LogP contribution in [0.5, 0.6) is 11.5 Å². The van der Waals surface area contributed by atoms with E-state index in [1.54, 1.807) is 0 Å². The Morgan fingerprint density at radius 3 is 2.45 bits per heavy atom. The molecule has 0 bridgehead atoms. The van der Waals surface area contributed by atoms with E-state index >= 15 is 0 Å². The van der Waals surface area contributed by atoms with Gasteiger partial charge in [0.2, 0.25) is 0 Å². The lowest BCUT2D eigenvalue weighted by Crippen LogP contribution is -2.38. The maximum atomic E-state index is 6.20. The van der Waals surface area contributed by atoms with Crippen LogP contribution in [0.1, 0.15) is 24.8 Å². The molecule has 0 aromatic heterocycles. The van der Waals surface area contributed by atoms with Crippen LogP contribution in [0.2, 0.25) is 0 Å². The molecule has 2 aromatic rings. The summed E-state index contributed by atoms with van der Waals surface area (Å²) in [6.45, 7) is 3.46. The maximum absolute atomic E-state index is 6.20. The van der Waals surface area contributed by atoms with Gasteiger partial charge in [-0.1, -0.05) is 30.3 Å². The third-order valence-electron chi connectivity index (χ3n) is 5.41. The SMILES string of the molecule is I.NC(=NCC1(c2ccccc2)CCOCC1)Nc1ccc2c(c1)OCCCO2. The Labute approximate surface area is 188 Å². The first-order chi connectivity index (χ1) is 13.8. The van der Waals surface area contributed by atoms with Gasteiger partial charge in [-0.25, -0.2) is 0 Å². The Morgan fingerprint density at radius 1 is 0.966 bits per heavy atom. The summed E-state index contributed by atoms with van der Waals surface area (Å²) in [6.07, 6.45) is 2.77. The standard InChI is InChI=1S/C22H27N3O3.HI/c23-21(25-18-7-8-19-20(15-18)28-12-4-11-27-19)24-16-22(9-13-26-14-10-22)17-5-2-1-3-6-17;/h1-3,5-8,15H,4,9-14,16H2,(H3,23,24,25);1H. The number of ether oxygens (including phenoxy) is 3. The number of benzene rings is 2. The molecule has 0 aliphatic carbocycles. The second-order valence-corrected chi connectivity index (χ2v) is 7.30. The minimum atomic E-state index is -0.0312. The number of guanidine groups is 1. The predicted octanol–water partition coefficient (Wildman–Crippen LogP) is 3.94. The Balaban J connectivity index is 0.00000240. The Bertz CT molecular complexity index is 823. The van der Waals surface area contributed by atoms with E-state index < -0.39 is 0 Å². The van der Waals surface area contributed by atoms with Crippen LogP contribution in [0.25, 0.3) is 0 Å². The summed E-state index contributed by atoms with van der Waals surface area (Å²) in [5.41, 5.74) is 8.31. The van der Waals surface area contributed by atoms with Crippen molar-refractivity contribution in [2.75, 3.05) is 38.3 Å². The van der Waals surface area contributed by atoms with Crippen molar-refractivity contribution in [2.24, 2.45) is 10.7 Å². The van der Waals surface area contributed by atoms with Gasteiger partial charge in [-0.3, -0.25) is 4.99 Å². The van der Waals surface area contributed by atoms with Gasteiger partial charge < -0.3 is 25.3 Å². The zero-order chi connectivity index (χ0) is 19.2. The zero-order valence-corrected chi connectivity index (χ0v) is 18.8. The zero-order valence-electron chi connectivity index (χ0n) is 16.4. The van der Waals surface area contributed by atoms with Crippen LogP contribution in [-0.2, 0) is 10.2 Å². The molecule has 2 aromatic carbocycles. The number of anilines is 1. The van der Waals surface area contributed by atoms with Gasteiger partial charge in [-0.15, -0.1) is 24.0 Å². The van der Waals surface area contributed by atoms with E-state index in [2.05, 4.69) is 34.6 Å². The van der Waals surface area contributed by atoms with Crippen LogP contribution >= 0.6 is 24.0 Å². The van der Waals surface area contributed by atoms with E-state index in [0.29, 0.717) is 25.7 Å². The number of hydrogen-bond donors (Lipinski definition) is 2. The third-order valence-corrected chi connectivity index (χ3v) is 5.41. The molecule has 7 heteroatoms. The summed E-state index contributed by atoms with van der Waals surface area (Å²) in [7, 11) is 0. The number of nitrogens with one attached hydrogen (secondary N) is 1. The number of aliphatic imine (C=N–C) groups is 1. The van der Waals surface area contributed by atoms with Crippen LogP contribution in [-0.4, -0.2) is 38.9 Å². The van der Waals surface area contributed by atoms with E-state index in [9.17, 15) is 0 Å². The van der Waals surface area contributed by atoms with Gasteiger partial charge in [0.1, 0.15) is 0 Å². The van der Waals surface area contributed by atoms with Gasteiger partial charge >= 0.3 is 0 Å². The van der Waals surface area contributed by atoms with Crippen LogP contribution in [0.15, 0.2) is 53.5 Å². The molecule has 0 saturated carbocycles. The Morgan fingerprint density at radius 2 is 1.69 bits per heavy atom. The van der Waals surface area contributed by atoms with Crippen molar-refractivity contribution in [3.63, 3.8) is 0 Å². The molecule has 0 amide bonds. The van der Waals surface area contributed by atoms with E-state index in [1.807, 2.05) is 24.3 Å². The van der Waals surface area contributed by atoms with E-state index in [1.165, 1.54) is 5.56 Å². The van der Waals surface area contributed by atoms with Gasteiger partial charge in [0.05, 0.1) is 19.8 Å². The van der Waals surface area contributed by atoms with Crippen molar-refractivity contribution in [2.45, 2.75) is 24.7 Å². The lowest BCUT2D eigenvalue weighted by Gasteiger charge is -2.36. The van der Waals surface area contributed by atoms with Crippen molar-refractivity contribution in [3.05, 3.63) is 54.1 Å². The van der Waals surface area contributed by atoms with Crippen molar-refractivity contribution < 1.29 is 14.2 Å². The van der Waals surface area contributed by atoms with Gasteiger partial charge in [-0.05, 0) is 30.5 Å². The molecule has 2 aliphatic heterocycles. The fraction of sp³-hybridized carbons (Fsp3) is 0.409. The number of hydrogen-bond acceptors (Lipinski definition) is 4. The van der Waals surface area contributed by atoms with E-state index in [4.69, 9.17) is 19.9 Å². The molecule has 6 nitrogen and oxygen atoms in total. The normalized spacial score (nSPS) is 18.3. The predicted molar refractivity (Wildman–Crippen MR) is 126 cm³/mol. The average molecular weight is 509 g/mol. The molecule has 4 rings (SSSR count). The first-order valence-electron chi connectivity index (χ1n) is 9.85. The first kappa shape index (κ1) is 21.7. The number of nitrogens with two attached hydrogens (primary N) is 1. The number of fused-ring (bicyclic) bond motifs is 1. The Hall–Kier alpha value is -2.00. The molecule has 156 valence electrons. The fourth-order valence-electron chi connectivity index (χ4n) is 3.76. The highest BCUT2D eigenvalue weighted by Crippen LogP contribution is 2.35. The lowest BCUT2D eigenvalue weighted by molar-refractivity contribution is 0.0531. The van der Waals surface area contributed by atoms with Gasteiger partial charge in [-0.2, -0.15) is 0 Å². The largest absolute Gasteiger partial charge is 0.490 e. The van der Waals surface area contributed by atoms with Crippen molar-refractivity contribution >= 4 is 35.6 Å². The van der Waals surface area contributed by atoms with Gasteiger partial charge in [0, 0.05) is 36.8 Å². The van der Waals surface area contributed by atoms with Crippen LogP contribution in [0.4, 0.5) is 5.69 Å². The summed E-state index contributed by atoms with van der Waals surface area (Å²) < 4.78 is 17.0. The molecule has 0 radical (unpaired) electrons. The molecule has 0 spiro atoms. The third kappa shape index (κ3) is 5.33. The highest BCUT2D eigenvalue weighted by atomic mass is 127. The van der Waals surface area contributed by atoms with E-state index in [-0.39, 0.29) is 29.4 Å². The molecule has 0 atom stereocenters. The minimum Gasteiger partial charge on any atom is -0.490 e. The summed E-state index contributed by atoms with van der Waals surface area (Å²) in [4.78, 5) is 4.68. The second kappa shape index (κ2) is 10.2. The van der Waals surface area contributed by atoms with Gasteiger partial charge in [0.25, 0.3) is 0 Å². The quantitative estimate of drug-likeness (QED) is 0.371. The topological polar surface area (TPSA) is 78.1 Å². The van der Waals surface area contributed by atoms with Crippen LogP contribution in [0, 0.1) is 0 Å². The van der Waals surface area contributed by atoms with Gasteiger partial charge in [0.15, 0.2) is 17.5 Å². The van der Waals surface area contributed by atoms with E-state index in [0.717, 1.165) is 49.7 Å². The molecule has 1 saturated heterocycles. The summed E-state index contributed by atoms with van der Waals surface area (Å²) in [5, 5.41) is 3.18. The summed E-state index contributed by atoms with van der Waals surface area (Å²) in [5.74, 6) is 1.90. The first-order valence-corrected chi connectivity index (χ1v) is 9.85. The maximum Gasteiger partial charge on any atom is 0.193 e. The molecule has 3 N–H and O–H groups in total. The molecule has 0 unspecified atom stereocenters. The van der Waals surface area contributed by atoms with Crippen molar-refractivity contribution in [1.29, 1.82) is 0 Å². The average Bonchev–Trinajstić information content (AvgIpc) is 2.99. The van der Waals surface area contributed by atoms with Crippen molar-refractivity contribution in [3.8, 4) is 11.5 Å². The number of halogens is 1. The smallest absolute Gasteiger partial charge is 0.193 e. The molecule has 1 fully saturated rings. The summed E-state index contributed by atoms with van der Waals surface area (Å²) in [6, 6.07) is 16.3. The molecular weight excluding hydrogens is 481 g/mol. The highest BCUT2D eigenvalue weighted by Gasteiger charge is 2.34. The molecular formula is C22H28IN3O3. The lowest BCUT2D eigenvalue weighted by atomic mass is 9.74. The summed E-state index contributed by atoms with van der Waals surface area (Å²) >= 11 is 0. The highest BCUT2D eigenvalue weighted by molar-refractivity contribution is 14.0. The number of nitrogens with zero attached hydrogens (tertiary/aromatic N) is 1. The molecule has 2 heterocycles. The molecule has 29 heavy (non-hydrogen) atoms. The van der Waals surface area contributed by atoms with Crippen LogP contribution < -0.4 is 20.5 Å². The minimum absolute atomic E-state index is 0. The second-order valence-electron chi connectivity index (χ2n) is 7.30. The number of rotatable bonds is 4. The monoisotopic (exact) mass is 509 g/mol. The van der Waals surface area contributed by atoms with Crippen molar-refractivity contribution in [1.82, 2.24) is 0 Å².